The lowest BCUT2D eigenvalue weighted by atomic mass is 10.2. The summed E-state index contributed by atoms with van der Waals surface area (Å²) in [6.45, 7) is 12.1. The number of hydrogen-bond donors (Lipinski definition) is 5. The van der Waals surface area contributed by atoms with Gasteiger partial charge < -0.3 is 41.0 Å². The monoisotopic (exact) mass is 1170 g/mol. The third-order valence-corrected chi connectivity index (χ3v) is 11.4. The summed E-state index contributed by atoms with van der Waals surface area (Å²) in [5.41, 5.74) is 5.76. The van der Waals surface area contributed by atoms with Crippen molar-refractivity contribution in [3.63, 3.8) is 0 Å². The van der Waals surface area contributed by atoms with Crippen LogP contribution in [0.5, 0.6) is 23.0 Å². The molecule has 3 aromatic heterocycles. The number of likely N-dealkylation sites (N-methyl/N-ethyl adjacent to an activating group) is 2. The van der Waals surface area contributed by atoms with Gasteiger partial charge in [-0.05, 0) is 124 Å². The molecule has 0 aliphatic carbocycles. The molecule has 444 valence electrons. The first-order valence-corrected chi connectivity index (χ1v) is 24.9. The Kier molecular flexibility index (Phi) is 28.0. The highest BCUT2D eigenvalue weighted by molar-refractivity contribution is 7.78. The summed E-state index contributed by atoms with van der Waals surface area (Å²) >= 11 is 4.17. The molecule has 0 unspecified atom stereocenters. The van der Waals surface area contributed by atoms with Crippen LogP contribution in [-0.4, -0.2) is 92.6 Å². The third-order valence-electron chi connectivity index (χ3n) is 11.3. The zero-order valence-electron chi connectivity index (χ0n) is 43.8. The second kappa shape index (κ2) is 32.9. The molecule has 0 spiro atoms. The molecule has 0 fully saturated rings. The molecule has 0 aliphatic heterocycles. The summed E-state index contributed by atoms with van der Waals surface area (Å²) in [5, 5.41) is 13.0. The Bertz CT molecular complexity index is 3230. The van der Waals surface area contributed by atoms with E-state index in [2.05, 4.69) is 72.2 Å². The van der Waals surface area contributed by atoms with Crippen LogP contribution in [0, 0.1) is 11.6 Å². The fourth-order valence-corrected chi connectivity index (χ4v) is 7.49. The van der Waals surface area contributed by atoms with Crippen molar-refractivity contribution >= 4 is 80.6 Å². The number of halogens is 8. The van der Waals surface area contributed by atoms with E-state index in [1.54, 1.807) is 71.5 Å². The molecule has 0 bridgehead atoms. The summed E-state index contributed by atoms with van der Waals surface area (Å²) in [4.78, 5) is 44.6. The Balaban J connectivity index is 0.000000461. The predicted molar refractivity (Wildman–Crippen MR) is 313 cm³/mol. The number of nitrogens with zero attached hydrogens (tertiary/aromatic N) is 7. The number of anilines is 6. The van der Waals surface area contributed by atoms with Crippen molar-refractivity contribution in [3.05, 3.63) is 132 Å². The van der Waals surface area contributed by atoms with E-state index in [-0.39, 0.29) is 52.3 Å². The van der Waals surface area contributed by atoms with Gasteiger partial charge in [-0.2, -0.15) is 31.3 Å². The van der Waals surface area contributed by atoms with Crippen molar-refractivity contribution in [1.82, 2.24) is 29.3 Å². The minimum absolute atomic E-state index is 0. The van der Waals surface area contributed by atoms with Gasteiger partial charge >= 0.3 is 12.4 Å². The van der Waals surface area contributed by atoms with Gasteiger partial charge in [-0.25, -0.2) is 23.7 Å². The number of benzene rings is 4. The van der Waals surface area contributed by atoms with E-state index in [4.69, 9.17) is 15.2 Å². The molecule has 7 aromatic rings. The molecule has 2 amide bonds. The highest BCUT2D eigenvalue weighted by atomic mass is 32.1. The van der Waals surface area contributed by atoms with Gasteiger partial charge in [0.1, 0.15) is 52.0 Å². The van der Waals surface area contributed by atoms with E-state index >= 15 is 0 Å². The Hall–Kier alpha value is -8.25. The minimum atomic E-state index is -4.61. The fraction of sp³-hybridized carbons (Fsp3) is 0.333. The lowest BCUT2D eigenvalue weighted by Crippen LogP contribution is -2.33. The number of amides is 2. The summed E-state index contributed by atoms with van der Waals surface area (Å²) in [6, 6.07) is 21.2. The van der Waals surface area contributed by atoms with Crippen LogP contribution >= 0.6 is 12.2 Å². The third kappa shape index (κ3) is 21.0. The number of nitrogen functional groups attached to an aromatic ring is 1. The average molecular weight is 1170 g/mol. The lowest BCUT2D eigenvalue weighted by molar-refractivity contribution is -0.138. The molecule has 3 heterocycles. The maximum Gasteiger partial charge on any atom is 0.416 e. The average Bonchev–Trinajstić information content (AvgIpc) is 3.96. The number of nitrogens with two attached hydrogens (primary N) is 1. The quantitative estimate of drug-likeness (QED) is 0.0210. The summed E-state index contributed by atoms with van der Waals surface area (Å²) < 4.78 is 116. The maximum absolute atomic E-state index is 14.2. The number of imidazole rings is 1. The van der Waals surface area contributed by atoms with E-state index < -0.39 is 40.8 Å². The number of ether oxygens (including phenoxy) is 2. The van der Waals surface area contributed by atoms with Crippen LogP contribution in [0.4, 0.5) is 75.5 Å². The van der Waals surface area contributed by atoms with Crippen molar-refractivity contribution in [2.45, 2.75) is 75.2 Å². The van der Waals surface area contributed by atoms with Crippen LogP contribution in [0.2, 0.25) is 0 Å². The zero-order chi connectivity index (χ0) is 57.9. The van der Waals surface area contributed by atoms with Crippen molar-refractivity contribution in [1.29, 1.82) is 0 Å². The number of aromatic nitrogens is 4. The van der Waals surface area contributed by atoms with Gasteiger partial charge in [-0.1, -0.05) is 50.0 Å². The Morgan fingerprint density at radius 3 is 1.63 bits per heavy atom. The smallest absolute Gasteiger partial charge is 0.416 e. The molecule has 25 heteroatoms. The first-order chi connectivity index (χ1) is 37.6. The van der Waals surface area contributed by atoms with Gasteiger partial charge in [0.05, 0.1) is 57.5 Å². The summed E-state index contributed by atoms with van der Waals surface area (Å²) in [5.74, 6) is 1.04. The molecule has 7 rings (SSSR count). The number of pyridine rings is 2. The minimum Gasteiger partial charge on any atom is -0.457 e. The van der Waals surface area contributed by atoms with E-state index in [9.17, 15) is 44.7 Å². The molecule has 4 aromatic carbocycles. The first kappa shape index (κ1) is 69.9. The van der Waals surface area contributed by atoms with Gasteiger partial charge in [0.15, 0.2) is 0 Å². The second-order valence-corrected chi connectivity index (χ2v) is 17.3. The van der Waals surface area contributed by atoms with Crippen LogP contribution in [0.1, 0.15) is 73.9 Å². The molecular formula is C57H70F8N12O4S. The number of fused-ring (bicyclic) bond motifs is 1. The number of nitrogens with one attached hydrogen (secondary N) is 4. The molecular weight excluding hydrogens is 1100 g/mol. The predicted octanol–water partition coefficient (Wildman–Crippen LogP) is 15.0. The number of hydrogen-bond acceptors (Lipinski definition) is 14. The fourth-order valence-electron chi connectivity index (χ4n) is 7.39. The van der Waals surface area contributed by atoms with Crippen LogP contribution < -0.4 is 36.5 Å². The van der Waals surface area contributed by atoms with Crippen LogP contribution in [0.15, 0.2) is 114 Å². The van der Waals surface area contributed by atoms with E-state index in [0.29, 0.717) is 88.2 Å². The summed E-state index contributed by atoms with van der Waals surface area (Å²) in [6.07, 6.45) is -4.05. The van der Waals surface area contributed by atoms with Gasteiger partial charge in [-0.15, -0.1) is 0 Å². The molecule has 0 radical (unpaired) electrons. The Labute approximate surface area is 478 Å². The Morgan fingerprint density at radius 1 is 0.671 bits per heavy atom. The van der Waals surface area contributed by atoms with Crippen molar-refractivity contribution < 1.29 is 54.2 Å². The molecule has 0 atom stereocenters. The van der Waals surface area contributed by atoms with Gasteiger partial charge in [0.2, 0.25) is 17.8 Å². The molecule has 82 heavy (non-hydrogen) atoms. The highest BCUT2D eigenvalue weighted by Gasteiger charge is 2.32. The van der Waals surface area contributed by atoms with Gasteiger partial charge in [-0.3, -0.25) is 19.4 Å². The molecule has 6 N–H and O–H groups in total. The van der Waals surface area contributed by atoms with Crippen LogP contribution in [0.3, 0.4) is 0 Å². The zero-order valence-corrected chi connectivity index (χ0v) is 44.6. The normalized spacial score (nSPS) is 10.8. The SMILES string of the molecule is C.C.C.CCCN(CC)CC(=O)Nc1cc(Oc2ccc(NC)c(N)c2)ccn1.CCCN(CC)CC(=O)Nc1cc(Oc2ccc3c(c2)nc(Nc2cc(C(F)(F)F)ccc2F)n3C)ccn1.Fc1ccc(C(F)(F)F)cc1N=C=S. The number of alkyl halides is 6. The van der Waals surface area contributed by atoms with E-state index in [0.717, 1.165) is 50.8 Å². The van der Waals surface area contributed by atoms with Crippen molar-refractivity contribution in [2.24, 2.45) is 12.0 Å². The second-order valence-electron chi connectivity index (χ2n) is 17.1. The number of aliphatic imine (C=N–C) groups is 1. The number of carbonyl (C=O) groups excluding carboxylic acids is 2. The van der Waals surface area contributed by atoms with Gasteiger partial charge in [0.25, 0.3) is 0 Å². The molecule has 0 saturated carbocycles. The van der Waals surface area contributed by atoms with Gasteiger partial charge in [0, 0.05) is 50.8 Å². The molecule has 16 nitrogen and oxygen atoms in total. The maximum atomic E-state index is 14.2. The Morgan fingerprint density at radius 2 is 1.16 bits per heavy atom. The lowest BCUT2D eigenvalue weighted by Gasteiger charge is -2.18. The highest BCUT2D eigenvalue weighted by Crippen LogP contribution is 2.35. The standard InChI is InChI=1S/C27H28F4N6O2.C19H27N5O2.C8H3F4NS.3CH4/c1-4-12-37(5-2)16-25(38)35-24-15-19(10-11-32-24)39-18-7-9-23-22(14-18)34-26(36(23)3)33-21-13-17(27(29,30)31)6-8-20(21)28;1-4-10-24(5-2)13-19(25)23-18-12-15(8-9-22-18)26-14-6-7-17(21-3)16(20)11-14;9-6-2-1-5(8(10,11)12)3-7(6)13-4-14;;;/h6-11,13-15H,4-5,12,16H2,1-3H3,(H,33,34)(H,32,35,38);6-9,11-12,21H,4-5,10,13,20H2,1-3H3,(H,22,23,25);1-3H;3*1H4. The molecule has 0 saturated heterocycles. The first-order valence-electron chi connectivity index (χ1n) is 24.5. The summed E-state index contributed by atoms with van der Waals surface area (Å²) in [7, 11) is 3.46. The van der Waals surface area contributed by atoms with Crippen LogP contribution in [-0.2, 0) is 29.0 Å². The van der Waals surface area contributed by atoms with E-state index in [1.807, 2.05) is 37.9 Å². The number of carbonyl (C=O) groups is 2. The van der Waals surface area contributed by atoms with Crippen molar-refractivity contribution in [3.8, 4) is 23.0 Å². The van der Waals surface area contributed by atoms with Crippen molar-refractivity contribution in [2.75, 3.05) is 73.3 Å². The molecule has 0 aliphatic rings. The number of isothiocyanates is 1. The number of aryl methyl sites for hydroxylation is 1. The van der Waals surface area contributed by atoms with Crippen LogP contribution in [0.25, 0.3) is 11.0 Å². The number of rotatable bonds is 20. The topological polar surface area (TPSA) is 189 Å². The largest absolute Gasteiger partial charge is 0.457 e. The number of thiocarbonyl (C=S) groups is 1. The van der Waals surface area contributed by atoms with E-state index in [1.165, 1.54) is 6.20 Å².